The van der Waals surface area contributed by atoms with E-state index in [4.69, 9.17) is 5.11 Å². The fourth-order valence-corrected chi connectivity index (χ4v) is 1.75. The summed E-state index contributed by atoms with van der Waals surface area (Å²) in [5.41, 5.74) is -0.580. The Balaban J connectivity index is 2.71. The van der Waals surface area contributed by atoms with Gasteiger partial charge in [0.25, 0.3) is 0 Å². The summed E-state index contributed by atoms with van der Waals surface area (Å²) in [6.45, 7) is 3.63. The molecule has 1 aromatic heterocycles. The van der Waals surface area contributed by atoms with E-state index < -0.39 is 22.9 Å². The number of carbonyl (C=O) groups is 1. The van der Waals surface area contributed by atoms with Crippen LogP contribution in [0.15, 0.2) is 35.3 Å². The molecule has 0 amide bonds. The number of hydrogen-bond acceptors (Lipinski definition) is 3. The summed E-state index contributed by atoms with van der Waals surface area (Å²) < 4.78 is 14.3. The molecule has 1 N–H and O–H groups in total. The van der Waals surface area contributed by atoms with Gasteiger partial charge >= 0.3 is 5.97 Å². The number of carboxylic acid groups (broad SMARTS) is 1. The Bertz CT molecular complexity index is 705. The smallest absolute Gasteiger partial charge is 0.360 e. The van der Waals surface area contributed by atoms with Gasteiger partial charge in [-0.15, -0.1) is 0 Å². The molecule has 1 aromatic carbocycles. The zero-order valence-corrected chi connectivity index (χ0v) is 11.0. The van der Waals surface area contributed by atoms with Crippen molar-refractivity contribution in [3.63, 3.8) is 0 Å². The second-order valence-corrected chi connectivity index (χ2v) is 4.61. The number of halogens is 1. The molecule has 0 radical (unpaired) electrons. The summed E-state index contributed by atoms with van der Waals surface area (Å²) in [5.74, 6) is -1.81. The SMILES string of the molecule is CC(C)n1cc(-c2ccc(F)cc2)c(=O)c(C(=O)O)n1. The molecule has 0 aliphatic heterocycles. The van der Waals surface area contributed by atoms with Crippen molar-refractivity contribution in [3.8, 4) is 11.1 Å². The summed E-state index contributed by atoms with van der Waals surface area (Å²) in [6.07, 6.45) is 1.48. The van der Waals surface area contributed by atoms with E-state index >= 15 is 0 Å². The maximum absolute atomic E-state index is 12.9. The average Bonchev–Trinajstić information content (AvgIpc) is 2.39. The van der Waals surface area contributed by atoms with Crippen LogP contribution in [0.25, 0.3) is 11.1 Å². The number of benzene rings is 1. The van der Waals surface area contributed by atoms with Gasteiger partial charge in [0.1, 0.15) is 5.82 Å². The minimum absolute atomic E-state index is 0.104. The molecule has 0 bridgehead atoms. The summed E-state index contributed by atoms with van der Waals surface area (Å²) in [6, 6.07) is 5.20. The molecule has 5 nitrogen and oxygen atoms in total. The molecule has 0 saturated carbocycles. The Kier molecular flexibility index (Phi) is 3.65. The Morgan fingerprint density at radius 1 is 1.30 bits per heavy atom. The van der Waals surface area contributed by atoms with E-state index in [0.29, 0.717) is 5.56 Å². The Morgan fingerprint density at radius 3 is 2.40 bits per heavy atom. The maximum atomic E-state index is 12.9. The second-order valence-electron chi connectivity index (χ2n) is 4.61. The van der Waals surface area contributed by atoms with Gasteiger partial charge in [0, 0.05) is 17.8 Å². The third-order valence-electron chi connectivity index (χ3n) is 2.82. The molecule has 0 aliphatic rings. The quantitative estimate of drug-likeness (QED) is 0.933. The van der Waals surface area contributed by atoms with Crippen LogP contribution in [0, 0.1) is 5.82 Å². The number of carboxylic acids is 1. The van der Waals surface area contributed by atoms with E-state index in [1.807, 2.05) is 13.8 Å². The molecule has 20 heavy (non-hydrogen) atoms. The van der Waals surface area contributed by atoms with Gasteiger partial charge in [-0.05, 0) is 31.5 Å². The highest BCUT2D eigenvalue weighted by molar-refractivity contribution is 5.86. The lowest BCUT2D eigenvalue weighted by Gasteiger charge is -2.12. The van der Waals surface area contributed by atoms with Crippen LogP contribution >= 0.6 is 0 Å². The first-order chi connectivity index (χ1) is 9.40. The highest BCUT2D eigenvalue weighted by Gasteiger charge is 2.17. The Hall–Kier alpha value is -2.50. The molecule has 0 aliphatic carbocycles. The standard InChI is InChI=1S/C14H13FN2O3/c1-8(2)17-7-11(9-3-5-10(15)6-4-9)13(18)12(16-17)14(19)20/h3-8H,1-2H3,(H,19,20). The summed E-state index contributed by atoms with van der Waals surface area (Å²) in [7, 11) is 0. The van der Waals surface area contributed by atoms with Gasteiger partial charge in [0.05, 0.1) is 0 Å². The van der Waals surface area contributed by atoms with E-state index in [0.717, 1.165) is 0 Å². The number of aromatic nitrogens is 2. The molecule has 0 saturated heterocycles. The van der Waals surface area contributed by atoms with Crippen molar-refractivity contribution in [1.29, 1.82) is 0 Å². The Morgan fingerprint density at radius 2 is 1.90 bits per heavy atom. The minimum atomic E-state index is -1.38. The lowest BCUT2D eigenvalue weighted by molar-refractivity contribution is 0.0685. The molecular weight excluding hydrogens is 263 g/mol. The third-order valence-corrected chi connectivity index (χ3v) is 2.82. The van der Waals surface area contributed by atoms with Crippen LogP contribution in [0.2, 0.25) is 0 Å². The summed E-state index contributed by atoms with van der Waals surface area (Å²) in [5, 5.41) is 12.9. The largest absolute Gasteiger partial charge is 0.476 e. The van der Waals surface area contributed by atoms with Gasteiger partial charge in [0.2, 0.25) is 11.1 Å². The normalized spacial score (nSPS) is 10.8. The van der Waals surface area contributed by atoms with Crippen LogP contribution in [0.5, 0.6) is 0 Å². The van der Waals surface area contributed by atoms with Crippen molar-refractivity contribution in [2.24, 2.45) is 0 Å². The van der Waals surface area contributed by atoms with E-state index in [1.165, 1.54) is 35.1 Å². The van der Waals surface area contributed by atoms with Gasteiger partial charge in [-0.1, -0.05) is 12.1 Å². The number of rotatable bonds is 3. The fraction of sp³-hybridized carbons (Fsp3) is 0.214. The number of aromatic carboxylic acids is 1. The number of hydrogen-bond donors (Lipinski definition) is 1. The molecular formula is C14H13FN2O3. The molecule has 6 heteroatoms. The van der Waals surface area contributed by atoms with Crippen LogP contribution in [0.4, 0.5) is 4.39 Å². The molecule has 0 unspecified atom stereocenters. The van der Waals surface area contributed by atoms with Gasteiger partial charge in [-0.2, -0.15) is 5.10 Å². The van der Waals surface area contributed by atoms with Crippen LogP contribution in [0.1, 0.15) is 30.4 Å². The fourth-order valence-electron chi connectivity index (χ4n) is 1.75. The average molecular weight is 276 g/mol. The molecule has 2 rings (SSSR count). The van der Waals surface area contributed by atoms with Crippen molar-refractivity contribution in [1.82, 2.24) is 9.78 Å². The van der Waals surface area contributed by atoms with Crippen molar-refractivity contribution in [2.45, 2.75) is 19.9 Å². The van der Waals surface area contributed by atoms with Gasteiger partial charge < -0.3 is 5.11 Å². The molecule has 2 aromatic rings. The lowest BCUT2D eigenvalue weighted by atomic mass is 10.1. The molecule has 0 spiro atoms. The first-order valence-electron chi connectivity index (χ1n) is 6.03. The summed E-state index contributed by atoms with van der Waals surface area (Å²) in [4.78, 5) is 23.2. The van der Waals surface area contributed by atoms with Crippen molar-refractivity contribution in [3.05, 3.63) is 52.2 Å². The van der Waals surface area contributed by atoms with Crippen molar-refractivity contribution in [2.75, 3.05) is 0 Å². The third kappa shape index (κ3) is 2.59. The van der Waals surface area contributed by atoms with Crippen LogP contribution in [-0.2, 0) is 0 Å². The van der Waals surface area contributed by atoms with E-state index in [-0.39, 0.29) is 11.6 Å². The summed E-state index contributed by atoms with van der Waals surface area (Å²) >= 11 is 0. The topological polar surface area (TPSA) is 72.2 Å². The molecule has 104 valence electrons. The van der Waals surface area contributed by atoms with Crippen LogP contribution < -0.4 is 5.43 Å². The van der Waals surface area contributed by atoms with E-state index in [9.17, 15) is 14.0 Å². The van der Waals surface area contributed by atoms with Crippen molar-refractivity contribution < 1.29 is 14.3 Å². The maximum Gasteiger partial charge on any atom is 0.360 e. The Labute approximate surface area is 114 Å². The van der Waals surface area contributed by atoms with E-state index in [1.54, 1.807) is 0 Å². The zero-order valence-electron chi connectivity index (χ0n) is 11.0. The minimum Gasteiger partial charge on any atom is -0.476 e. The molecule has 1 heterocycles. The predicted molar refractivity (Wildman–Crippen MR) is 71.2 cm³/mol. The monoisotopic (exact) mass is 276 g/mol. The lowest BCUT2D eigenvalue weighted by Crippen LogP contribution is -2.24. The van der Waals surface area contributed by atoms with Crippen LogP contribution in [0.3, 0.4) is 0 Å². The first kappa shape index (κ1) is 13.9. The van der Waals surface area contributed by atoms with Crippen molar-refractivity contribution >= 4 is 5.97 Å². The van der Waals surface area contributed by atoms with Crippen LogP contribution in [-0.4, -0.2) is 20.9 Å². The highest BCUT2D eigenvalue weighted by atomic mass is 19.1. The zero-order chi connectivity index (χ0) is 14.9. The van der Waals surface area contributed by atoms with Gasteiger partial charge in [0.15, 0.2) is 0 Å². The molecule has 0 fully saturated rings. The highest BCUT2D eigenvalue weighted by Crippen LogP contribution is 2.17. The number of nitrogens with zero attached hydrogens (tertiary/aromatic N) is 2. The first-order valence-corrected chi connectivity index (χ1v) is 6.03. The second kappa shape index (κ2) is 5.24. The molecule has 0 atom stereocenters. The van der Waals surface area contributed by atoms with E-state index in [2.05, 4.69) is 5.10 Å². The van der Waals surface area contributed by atoms with Gasteiger partial charge in [-0.3, -0.25) is 9.48 Å². The van der Waals surface area contributed by atoms with Gasteiger partial charge in [-0.25, -0.2) is 9.18 Å². The predicted octanol–water partition coefficient (Wildman–Crippen LogP) is 2.33.